The lowest BCUT2D eigenvalue weighted by Gasteiger charge is -2.10. The van der Waals surface area contributed by atoms with Gasteiger partial charge in [0.15, 0.2) is 0 Å². The Bertz CT molecular complexity index is 758. The summed E-state index contributed by atoms with van der Waals surface area (Å²) in [5.74, 6) is 1.33. The summed E-state index contributed by atoms with van der Waals surface area (Å²) in [6.45, 7) is -0.0611. The molecule has 0 radical (unpaired) electrons. The molecular formula is C16H12BrNO2. The molecule has 0 unspecified atom stereocenters. The van der Waals surface area contributed by atoms with Crippen molar-refractivity contribution in [1.82, 2.24) is 4.98 Å². The van der Waals surface area contributed by atoms with Crippen LogP contribution in [0.15, 0.2) is 59.2 Å². The fraction of sp³-hybridized carbons (Fsp3) is 0.0625. The molecule has 0 amide bonds. The quantitative estimate of drug-likeness (QED) is 0.779. The summed E-state index contributed by atoms with van der Waals surface area (Å²) in [6.07, 6.45) is 1.75. The first-order valence-electron chi connectivity index (χ1n) is 6.18. The molecule has 0 atom stereocenters. The lowest BCUT2D eigenvalue weighted by Crippen LogP contribution is -1.92. The standard InChI is InChI=1S/C16H12BrNO2/c17-13-5-3-12(10-19)16(8-13)20-14-6-4-11-2-1-7-18-15(11)9-14/h1-9,19H,10H2. The number of aliphatic hydroxyl groups is 1. The van der Waals surface area contributed by atoms with Crippen LogP contribution in [0.4, 0.5) is 0 Å². The van der Waals surface area contributed by atoms with Crippen LogP contribution in [0.1, 0.15) is 5.56 Å². The van der Waals surface area contributed by atoms with Gasteiger partial charge in [-0.15, -0.1) is 0 Å². The maximum absolute atomic E-state index is 9.35. The maximum Gasteiger partial charge on any atom is 0.134 e. The van der Waals surface area contributed by atoms with Crippen LogP contribution in [0.5, 0.6) is 11.5 Å². The first kappa shape index (κ1) is 13.1. The van der Waals surface area contributed by atoms with Gasteiger partial charge in [-0.05, 0) is 30.3 Å². The van der Waals surface area contributed by atoms with Crippen LogP contribution < -0.4 is 4.74 Å². The second-order valence-electron chi connectivity index (χ2n) is 4.37. The maximum atomic E-state index is 9.35. The lowest BCUT2D eigenvalue weighted by atomic mass is 10.2. The van der Waals surface area contributed by atoms with E-state index < -0.39 is 0 Å². The predicted octanol–water partition coefficient (Wildman–Crippen LogP) is 4.28. The van der Waals surface area contributed by atoms with Crippen LogP contribution in [-0.4, -0.2) is 10.1 Å². The highest BCUT2D eigenvalue weighted by Gasteiger charge is 2.06. The molecule has 0 aliphatic carbocycles. The minimum absolute atomic E-state index is 0.0611. The van der Waals surface area contributed by atoms with E-state index in [1.807, 2.05) is 48.5 Å². The Morgan fingerprint density at radius 3 is 2.85 bits per heavy atom. The molecule has 0 aliphatic heterocycles. The van der Waals surface area contributed by atoms with Crippen LogP contribution in [0.3, 0.4) is 0 Å². The van der Waals surface area contributed by atoms with Crippen molar-refractivity contribution in [2.24, 2.45) is 0 Å². The highest BCUT2D eigenvalue weighted by molar-refractivity contribution is 9.10. The van der Waals surface area contributed by atoms with Gasteiger partial charge in [0.05, 0.1) is 12.1 Å². The largest absolute Gasteiger partial charge is 0.457 e. The summed E-state index contributed by atoms with van der Waals surface area (Å²) < 4.78 is 6.77. The number of ether oxygens (including phenoxy) is 1. The molecule has 1 aromatic heterocycles. The van der Waals surface area contributed by atoms with Gasteiger partial charge < -0.3 is 9.84 Å². The molecule has 100 valence electrons. The Balaban J connectivity index is 1.98. The molecule has 20 heavy (non-hydrogen) atoms. The summed E-state index contributed by atoms with van der Waals surface area (Å²) in [5.41, 5.74) is 1.62. The number of fused-ring (bicyclic) bond motifs is 1. The van der Waals surface area contributed by atoms with Crippen LogP contribution in [-0.2, 0) is 6.61 Å². The minimum atomic E-state index is -0.0611. The van der Waals surface area contributed by atoms with Gasteiger partial charge in [0, 0.05) is 27.7 Å². The van der Waals surface area contributed by atoms with Gasteiger partial charge in [-0.1, -0.05) is 28.1 Å². The predicted molar refractivity (Wildman–Crippen MR) is 81.9 cm³/mol. The third kappa shape index (κ3) is 2.66. The number of pyridine rings is 1. The van der Waals surface area contributed by atoms with Crippen LogP contribution >= 0.6 is 15.9 Å². The molecular weight excluding hydrogens is 318 g/mol. The van der Waals surface area contributed by atoms with E-state index in [1.165, 1.54) is 0 Å². The van der Waals surface area contributed by atoms with E-state index >= 15 is 0 Å². The summed E-state index contributed by atoms with van der Waals surface area (Å²) in [6, 6.07) is 15.2. The van der Waals surface area contributed by atoms with Crippen molar-refractivity contribution in [2.45, 2.75) is 6.61 Å². The molecule has 1 heterocycles. The van der Waals surface area contributed by atoms with E-state index in [0.717, 1.165) is 20.9 Å². The molecule has 0 fully saturated rings. The molecule has 1 N–H and O–H groups in total. The number of rotatable bonds is 3. The summed E-state index contributed by atoms with van der Waals surface area (Å²) in [4.78, 5) is 4.30. The number of aromatic nitrogens is 1. The zero-order chi connectivity index (χ0) is 13.9. The topological polar surface area (TPSA) is 42.4 Å². The second kappa shape index (κ2) is 5.61. The first-order chi connectivity index (χ1) is 9.76. The molecule has 0 saturated carbocycles. The SMILES string of the molecule is OCc1ccc(Br)cc1Oc1ccc2cccnc2c1. The van der Waals surface area contributed by atoms with Crippen LogP contribution in [0.2, 0.25) is 0 Å². The van der Waals surface area contributed by atoms with E-state index in [4.69, 9.17) is 4.74 Å². The van der Waals surface area contributed by atoms with Gasteiger partial charge in [-0.3, -0.25) is 4.98 Å². The Morgan fingerprint density at radius 1 is 1.10 bits per heavy atom. The Labute approximate surface area is 125 Å². The van der Waals surface area contributed by atoms with Crippen LogP contribution in [0, 0.1) is 0 Å². The molecule has 0 aliphatic rings. The number of hydrogen-bond acceptors (Lipinski definition) is 3. The minimum Gasteiger partial charge on any atom is -0.457 e. The van der Waals surface area contributed by atoms with Gasteiger partial charge in [0.25, 0.3) is 0 Å². The summed E-state index contributed by atoms with van der Waals surface area (Å²) >= 11 is 3.40. The van der Waals surface area contributed by atoms with E-state index in [9.17, 15) is 5.11 Å². The molecule has 3 rings (SSSR count). The molecule has 4 heteroatoms. The monoisotopic (exact) mass is 329 g/mol. The second-order valence-corrected chi connectivity index (χ2v) is 5.29. The molecule has 0 spiro atoms. The van der Waals surface area contributed by atoms with Gasteiger partial charge in [-0.25, -0.2) is 0 Å². The van der Waals surface area contributed by atoms with Crippen LogP contribution in [0.25, 0.3) is 10.9 Å². The molecule has 0 bridgehead atoms. The lowest BCUT2D eigenvalue weighted by molar-refractivity contribution is 0.276. The van der Waals surface area contributed by atoms with Crippen molar-refractivity contribution in [3.05, 3.63) is 64.8 Å². The molecule has 3 aromatic rings. The third-order valence-corrected chi connectivity index (χ3v) is 3.50. The summed E-state index contributed by atoms with van der Waals surface area (Å²) in [7, 11) is 0. The van der Waals surface area contributed by atoms with Crippen molar-refractivity contribution >= 4 is 26.8 Å². The van der Waals surface area contributed by atoms with Gasteiger partial charge in [0.2, 0.25) is 0 Å². The van der Waals surface area contributed by atoms with Crippen molar-refractivity contribution in [2.75, 3.05) is 0 Å². The highest BCUT2D eigenvalue weighted by atomic mass is 79.9. The number of halogens is 1. The third-order valence-electron chi connectivity index (χ3n) is 3.00. The van der Waals surface area contributed by atoms with E-state index in [0.29, 0.717) is 11.5 Å². The van der Waals surface area contributed by atoms with Crippen molar-refractivity contribution in [3.8, 4) is 11.5 Å². The Kier molecular flexibility index (Phi) is 3.67. The van der Waals surface area contributed by atoms with Gasteiger partial charge in [-0.2, -0.15) is 0 Å². The molecule has 0 saturated heterocycles. The summed E-state index contributed by atoms with van der Waals surface area (Å²) in [5, 5.41) is 10.4. The number of nitrogens with zero attached hydrogens (tertiary/aromatic N) is 1. The van der Waals surface area contributed by atoms with E-state index in [2.05, 4.69) is 20.9 Å². The molecule has 3 nitrogen and oxygen atoms in total. The van der Waals surface area contributed by atoms with E-state index in [1.54, 1.807) is 6.20 Å². The number of benzene rings is 2. The normalized spacial score (nSPS) is 10.7. The Hall–Kier alpha value is -1.91. The van der Waals surface area contributed by atoms with Gasteiger partial charge >= 0.3 is 0 Å². The fourth-order valence-electron chi connectivity index (χ4n) is 1.99. The zero-order valence-corrected chi connectivity index (χ0v) is 12.2. The Morgan fingerprint density at radius 2 is 2.00 bits per heavy atom. The van der Waals surface area contributed by atoms with Crippen molar-refractivity contribution in [3.63, 3.8) is 0 Å². The average Bonchev–Trinajstić information content (AvgIpc) is 2.47. The molecule has 2 aromatic carbocycles. The van der Waals surface area contributed by atoms with Crippen molar-refractivity contribution < 1.29 is 9.84 Å². The zero-order valence-electron chi connectivity index (χ0n) is 10.6. The average molecular weight is 330 g/mol. The first-order valence-corrected chi connectivity index (χ1v) is 6.97. The number of aliphatic hydroxyl groups excluding tert-OH is 1. The van der Waals surface area contributed by atoms with Crippen molar-refractivity contribution in [1.29, 1.82) is 0 Å². The smallest absolute Gasteiger partial charge is 0.134 e. The highest BCUT2D eigenvalue weighted by Crippen LogP contribution is 2.30. The van der Waals surface area contributed by atoms with E-state index in [-0.39, 0.29) is 6.61 Å². The fourth-order valence-corrected chi connectivity index (χ4v) is 2.33. The number of hydrogen-bond donors (Lipinski definition) is 1. The van der Waals surface area contributed by atoms with Gasteiger partial charge in [0.1, 0.15) is 11.5 Å².